The van der Waals surface area contributed by atoms with E-state index in [1.807, 2.05) is 0 Å². The second kappa shape index (κ2) is 3.38. The van der Waals surface area contributed by atoms with Crippen LogP contribution in [0.5, 0.6) is 0 Å². The largest absolute Gasteiger partial charge is 0.480 e. The summed E-state index contributed by atoms with van der Waals surface area (Å²) in [5, 5.41) is 8.83. The first kappa shape index (κ1) is 10.7. The number of carboxylic acids is 1. The van der Waals surface area contributed by atoms with Crippen LogP contribution in [0.3, 0.4) is 0 Å². The molecule has 0 aliphatic heterocycles. The SMILES string of the molecule is Cc1cc(F)cc(C(C)(N)C(=O)O)c1. The Morgan fingerprint density at radius 2 is 2.07 bits per heavy atom. The van der Waals surface area contributed by atoms with E-state index < -0.39 is 17.3 Å². The summed E-state index contributed by atoms with van der Waals surface area (Å²) < 4.78 is 13.0. The van der Waals surface area contributed by atoms with Gasteiger partial charge in [0.1, 0.15) is 11.4 Å². The molecule has 1 aromatic carbocycles. The van der Waals surface area contributed by atoms with E-state index in [-0.39, 0.29) is 5.56 Å². The Bertz CT molecular complexity index is 354. The molecule has 0 aliphatic carbocycles. The second-order valence-electron chi connectivity index (χ2n) is 3.52. The van der Waals surface area contributed by atoms with Crippen molar-refractivity contribution in [3.63, 3.8) is 0 Å². The fraction of sp³-hybridized carbons (Fsp3) is 0.300. The Kier molecular flexibility index (Phi) is 2.57. The Labute approximate surface area is 81.4 Å². The number of carbonyl (C=O) groups is 1. The van der Waals surface area contributed by atoms with Gasteiger partial charge >= 0.3 is 5.97 Å². The van der Waals surface area contributed by atoms with E-state index in [0.29, 0.717) is 5.56 Å². The number of nitrogens with two attached hydrogens (primary N) is 1. The number of rotatable bonds is 2. The normalized spacial score (nSPS) is 14.9. The zero-order valence-corrected chi connectivity index (χ0v) is 8.04. The van der Waals surface area contributed by atoms with Gasteiger partial charge in [0.2, 0.25) is 0 Å². The van der Waals surface area contributed by atoms with Crippen LogP contribution < -0.4 is 5.73 Å². The highest BCUT2D eigenvalue weighted by atomic mass is 19.1. The van der Waals surface area contributed by atoms with Crippen molar-refractivity contribution in [2.75, 3.05) is 0 Å². The quantitative estimate of drug-likeness (QED) is 0.753. The van der Waals surface area contributed by atoms with Crippen LogP contribution in [0.4, 0.5) is 4.39 Å². The molecule has 3 N–H and O–H groups in total. The number of hydrogen-bond donors (Lipinski definition) is 2. The smallest absolute Gasteiger partial charge is 0.328 e. The van der Waals surface area contributed by atoms with Crippen molar-refractivity contribution in [1.82, 2.24) is 0 Å². The van der Waals surface area contributed by atoms with E-state index in [4.69, 9.17) is 10.8 Å². The van der Waals surface area contributed by atoms with Crippen molar-refractivity contribution >= 4 is 5.97 Å². The maximum atomic E-state index is 13.0. The lowest BCUT2D eigenvalue weighted by Crippen LogP contribution is -2.41. The van der Waals surface area contributed by atoms with Crippen molar-refractivity contribution in [3.8, 4) is 0 Å². The number of halogens is 1. The average molecular weight is 197 g/mol. The molecular formula is C10H12FNO2. The zero-order chi connectivity index (χ0) is 10.9. The van der Waals surface area contributed by atoms with Crippen molar-refractivity contribution < 1.29 is 14.3 Å². The van der Waals surface area contributed by atoms with Gasteiger partial charge in [-0.2, -0.15) is 0 Å². The monoisotopic (exact) mass is 197 g/mol. The fourth-order valence-electron chi connectivity index (χ4n) is 1.16. The van der Waals surface area contributed by atoms with Crippen molar-refractivity contribution in [2.45, 2.75) is 19.4 Å². The average Bonchev–Trinajstić information content (AvgIpc) is 2.01. The van der Waals surface area contributed by atoms with E-state index in [2.05, 4.69) is 0 Å². The summed E-state index contributed by atoms with van der Waals surface area (Å²) in [7, 11) is 0. The molecule has 1 aromatic rings. The van der Waals surface area contributed by atoms with Crippen LogP contribution in [-0.4, -0.2) is 11.1 Å². The second-order valence-corrected chi connectivity index (χ2v) is 3.52. The molecule has 3 nitrogen and oxygen atoms in total. The Morgan fingerprint density at radius 1 is 1.50 bits per heavy atom. The van der Waals surface area contributed by atoms with E-state index in [0.717, 1.165) is 6.07 Å². The van der Waals surface area contributed by atoms with Gasteiger partial charge < -0.3 is 10.8 Å². The molecule has 0 fully saturated rings. The number of aryl methyl sites for hydroxylation is 1. The van der Waals surface area contributed by atoms with Crippen molar-refractivity contribution in [2.24, 2.45) is 5.73 Å². The summed E-state index contributed by atoms with van der Waals surface area (Å²) in [6, 6.07) is 4.03. The van der Waals surface area contributed by atoms with Crippen LogP contribution >= 0.6 is 0 Å². The van der Waals surface area contributed by atoms with Gasteiger partial charge in [-0.05, 0) is 37.1 Å². The van der Waals surface area contributed by atoms with Gasteiger partial charge in [-0.1, -0.05) is 6.07 Å². The first-order chi connectivity index (χ1) is 6.34. The number of carboxylic acid groups (broad SMARTS) is 1. The minimum Gasteiger partial charge on any atom is -0.480 e. The predicted octanol–water partition coefficient (Wildman–Crippen LogP) is 1.39. The highest BCUT2D eigenvalue weighted by Crippen LogP contribution is 2.20. The highest BCUT2D eigenvalue weighted by molar-refractivity contribution is 5.79. The Balaban J connectivity index is 3.25. The predicted molar refractivity (Wildman–Crippen MR) is 50.3 cm³/mol. The molecule has 76 valence electrons. The van der Waals surface area contributed by atoms with Crippen molar-refractivity contribution in [1.29, 1.82) is 0 Å². The Morgan fingerprint density at radius 3 is 2.50 bits per heavy atom. The summed E-state index contributed by atoms with van der Waals surface area (Å²) in [5.41, 5.74) is 4.92. The maximum absolute atomic E-state index is 13.0. The van der Waals surface area contributed by atoms with Gasteiger partial charge in [-0.25, -0.2) is 9.18 Å². The molecule has 0 bridgehead atoms. The molecule has 1 atom stereocenters. The van der Waals surface area contributed by atoms with Gasteiger partial charge in [0, 0.05) is 0 Å². The fourth-order valence-corrected chi connectivity index (χ4v) is 1.16. The molecule has 0 saturated heterocycles. The lowest BCUT2D eigenvalue weighted by atomic mass is 9.92. The van der Waals surface area contributed by atoms with Gasteiger partial charge in [0.15, 0.2) is 0 Å². The van der Waals surface area contributed by atoms with Crippen LogP contribution in [0.1, 0.15) is 18.1 Å². The lowest BCUT2D eigenvalue weighted by Gasteiger charge is -2.20. The first-order valence-electron chi connectivity index (χ1n) is 4.14. The summed E-state index contributed by atoms with van der Waals surface area (Å²) in [6.45, 7) is 3.02. The van der Waals surface area contributed by atoms with Gasteiger partial charge in [0.25, 0.3) is 0 Å². The third-order valence-corrected chi connectivity index (χ3v) is 2.09. The van der Waals surface area contributed by atoms with Gasteiger partial charge in [0.05, 0.1) is 0 Å². The van der Waals surface area contributed by atoms with Crippen molar-refractivity contribution in [3.05, 3.63) is 35.1 Å². The molecular weight excluding hydrogens is 185 g/mol. The molecule has 0 heterocycles. The highest BCUT2D eigenvalue weighted by Gasteiger charge is 2.30. The lowest BCUT2D eigenvalue weighted by molar-refractivity contribution is -0.143. The molecule has 14 heavy (non-hydrogen) atoms. The van der Waals surface area contributed by atoms with E-state index in [9.17, 15) is 9.18 Å². The number of hydrogen-bond acceptors (Lipinski definition) is 2. The molecule has 0 spiro atoms. The maximum Gasteiger partial charge on any atom is 0.328 e. The minimum atomic E-state index is -1.55. The zero-order valence-electron chi connectivity index (χ0n) is 8.04. The van der Waals surface area contributed by atoms with E-state index in [1.165, 1.54) is 13.0 Å². The molecule has 4 heteroatoms. The summed E-state index contributed by atoms with van der Waals surface area (Å²) in [6.07, 6.45) is 0. The van der Waals surface area contributed by atoms with E-state index in [1.54, 1.807) is 13.0 Å². The minimum absolute atomic E-state index is 0.266. The molecule has 0 radical (unpaired) electrons. The Hall–Kier alpha value is -1.42. The summed E-state index contributed by atoms with van der Waals surface area (Å²) in [4.78, 5) is 10.8. The molecule has 0 aromatic heterocycles. The van der Waals surface area contributed by atoms with Gasteiger partial charge in [-0.15, -0.1) is 0 Å². The first-order valence-corrected chi connectivity index (χ1v) is 4.14. The molecule has 0 saturated carbocycles. The van der Waals surface area contributed by atoms with Crippen LogP contribution in [-0.2, 0) is 10.3 Å². The van der Waals surface area contributed by atoms with Crippen LogP contribution in [0.25, 0.3) is 0 Å². The molecule has 0 aliphatic rings. The third-order valence-electron chi connectivity index (χ3n) is 2.09. The van der Waals surface area contributed by atoms with E-state index >= 15 is 0 Å². The summed E-state index contributed by atoms with van der Waals surface area (Å²) in [5.74, 6) is -1.65. The summed E-state index contributed by atoms with van der Waals surface area (Å²) >= 11 is 0. The standard InChI is InChI=1S/C10H12FNO2/c1-6-3-7(5-8(11)4-6)10(2,12)9(13)14/h3-5H,12H2,1-2H3,(H,13,14). The van der Waals surface area contributed by atoms with Crippen LogP contribution in [0.15, 0.2) is 18.2 Å². The third kappa shape index (κ3) is 1.90. The number of benzene rings is 1. The van der Waals surface area contributed by atoms with Crippen LogP contribution in [0.2, 0.25) is 0 Å². The topological polar surface area (TPSA) is 63.3 Å². The molecule has 1 rings (SSSR count). The molecule has 1 unspecified atom stereocenters. The van der Waals surface area contributed by atoms with Gasteiger partial charge in [-0.3, -0.25) is 0 Å². The molecule has 0 amide bonds. The van der Waals surface area contributed by atoms with Crippen LogP contribution in [0, 0.1) is 12.7 Å². The number of aliphatic carboxylic acids is 1.